The number of fused-ring (bicyclic) bond motifs is 1. The van der Waals surface area contributed by atoms with Crippen LogP contribution < -0.4 is 10.5 Å². The third-order valence-corrected chi connectivity index (χ3v) is 4.99. The molecule has 0 saturated carbocycles. The Hall–Kier alpha value is -3.86. The number of rotatable bonds is 8. The fraction of sp³-hybridized carbons (Fsp3) is 0.154. The van der Waals surface area contributed by atoms with Gasteiger partial charge in [-0.15, -0.1) is 0 Å². The molecule has 0 amide bonds. The molecule has 0 spiro atoms. The van der Waals surface area contributed by atoms with Crippen LogP contribution in [0.25, 0.3) is 16.8 Å². The van der Waals surface area contributed by atoms with E-state index in [9.17, 15) is 0 Å². The highest BCUT2D eigenvalue weighted by Crippen LogP contribution is 2.30. The SMILES string of the molecule is C/C=C\C/C=C\Cc1nc(-c2cccc(OCc3ccccc3)c2)c2c(N)nccn12. The summed E-state index contributed by atoms with van der Waals surface area (Å²) < 4.78 is 8.03. The van der Waals surface area contributed by atoms with Gasteiger partial charge in [0.25, 0.3) is 0 Å². The minimum atomic E-state index is 0.463. The quantitative estimate of drug-likeness (QED) is 0.383. The van der Waals surface area contributed by atoms with Crippen LogP contribution in [-0.2, 0) is 13.0 Å². The fourth-order valence-electron chi connectivity index (χ4n) is 3.44. The zero-order valence-corrected chi connectivity index (χ0v) is 17.6. The van der Waals surface area contributed by atoms with E-state index in [2.05, 4.69) is 35.3 Å². The largest absolute Gasteiger partial charge is 0.489 e. The van der Waals surface area contributed by atoms with E-state index in [1.165, 1.54) is 0 Å². The average Bonchev–Trinajstić information content (AvgIpc) is 3.18. The lowest BCUT2D eigenvalue weighted by molar-refractivity contribution is 0.306. The van der Waals surface area contributed by atoms with Crippen LogP contribution in [0.5, 0.6) is 5.75 Å². The number of nitrogens with zero attached hydrogens (tertiary/aromatic N) is 3. The molecule has 0 aliphatic heterocycles. The van der Waals surface area contributed by atoms with Crippen molar-refractivity contribution in [3.05, 3.63) is 103 Å². The molecule has 5 nitrogen and oxygen atoms in total. The van der Waals surface area contributed by atoms with Crippen LogP contribution in [0.3, 0.4) is 0 Å². The van der Waals surface area contributed by atoms with Crippen molar-refractivity contribution in [3.8, 4) is 17.0 Å². The van der Waals surface area contributed by atoms with E-state index in [1.807, 2.05) is 66.1 Å². The number of benzene rings is 2. The predicted molar refractivity (Wildman–Crippen MR) is 126 cm³/mol. The second-order valence-electron chi connectivity index (χ2n) is 7.19. The Bertz CT molecular complexity index is 1210. The first kappa shape index (κ1) is 20.4. The van der Waals surface area contributed by atoms with Gasteiger partial charge >= 0.3 is 0 Å². The van der Waals surface area contributed by atoms with Crippen LogP contribution in [0, 0.1) is 0 Å². The predicted octanol–water partition coefficient (Wildman–Crippen LogP) is 5.62. The Labute approximate surface area is 182 Å². The van der Waals surface area contributed by atoms with Crippen molar-refractivity contribution < 1.29 is 4.74 Å². The third-order valence-electron chi connectivity index (χ3n) is 4.99. The minimum absolute atomic E-state index is 0.463. The number of hydrogen-bond acceptors (Lipinski definition) is 4. The fourth-order valence-corrected chi connectivity index (χ4v) is 3.44. The number of hydrogen-bond donors (Lipinski definition) is 1. The van der Waals surface area contributed by atoms with Crippen molar-refractivity contribution in [1.29, 1.82) is 0 Å². The molecule has 31 heavy (non-hydrogen) atoms. The molecule has 4 aromatic rings. The monoisotopic (exact) mass is 410 g/mol. The van der Waals surface area contributed by atoms with Gasteiger partial charge in [-0.3, -0.25) is 4.40 Å². The summed E-state index contributed by atoms with van der Waals surface area (Å²) in [7, 11) is 0. The van der Waals surface area contributed by atoms with Crippen molar-refractivity contribution in [2.75, 3.05) is 5.73 Å². The van der Waals surface area contributed by atoms with Crippen LogP contribution in [0.2, 0.25) is 0 Å². The first-order valence-electron chi connectivity index (χ1n) is 10.4. The summed E-state index contributed by atoms with van der Waals surface area (Å²) in [4.78, 5) is 9.20. The van der Waals surface area contributed by atoms with Crippen molar-refractivity contribution in [2.24, 2.45) is 0 Å². The standard InChI is InChI=1S/C26H26N4O/c1-2-3-4-5-9-15-23-29-24(25-26(27)28-16-17-30(23)25)21-13-10-14-22(18-21)31-19-20-11-7-6-8-12-20/h2-3,5-14,16-18H,4,15,19H2,1H3,(H2,27,28)/b3-2-,9-5-. The van der Waals surface area contributed by atoms with Crippen LogP contribution in [0.15, 0.2) is 91.3 Å². The summed E-state index contributed by atoms with van der Waals surface area (Å²) in [5.74, 6) is 2.17. The number of anilines is 1. The molecule has 4 rings (SSSR count). The van der Waals surface area contributed by atoms with Crippen molar-refractivity contribution in [3.63, 3.8) is 0 Å². The van der Waals surface area contributed by atoms with Crippen LogP contribution >= 0.6 is 0 Å². The van der Waals surface area contributed by atoms with Gasteiger partial charge in [-0.25, -0.2) is 9.97 Å². The van der Waals surface area contributed by atoms with Gasteiger partial charge in [-0.05, 0) is 31.0 Å². The Morgan fingerprint density at radius 2 is 1.90 bits per heavy atom. The molecule has 0 unspecified atom stereocenters. The third kappa shape index (κ3) is 4.83. The van der Waals surface area contributed by atoms with Gasteiger partial charge < -0.3 is 10.5 Å². The van der Waals surface area contributed by atoms with E-state index >= 15 is 0 Å². The Morgan fingerprint density at radius 3 is 2.74 bits per heavy atom. The van der Waals surface area contributed by atoms with Crippen LogP contribution in [-0.4, -0.2) is 14.4 Å². The number of aromatic nitrogens is 3. The van der Waals surface area contributed by atoms with Gasteiger partial charge in [0.15, 0.2) is 0 Å². The maximum Gasteiger partial charge on any atom is 0.150 e. The molecule has 0 saturated heterocycles. The molecule has 0 bridgehead atoms. The van der Waals surface area contributed by atoms with Crippen molar-refractivity contribution >= 4 is 11.3 Å². The summed E-state index contributed by atoms with van der Waals surface area (Å²) in [6.07, 6.45) is 13.7. The van der Waals surface area contributed by atoms with Gasteiger partial charge in [0.1, 0.15) is 35.2 Å². The normalized spacial score (nSPS) is 11.6. The molecule has 0 aliphatic rings. The molecule has 0 atom stereocenters. The first-order chi connectivity index (χ1) is 15.3. The highest BCUT2D eigenvalue weighted by molar-refractivity contribution is 5.85. The second-order valence-corrected chi connectivity index (χ2v) is 7.19. The number of allylic oxidation sites excluding steroid dienone is 4. The highest BCUT2D eigenvalue weighted by Gasteiger charge is 2.15. The van der Waals surface area contributed by atoms with E-state index in [0.717, 1.165) is 40.3 Å². The summed E-state index contributed by atoms with van der Waals surface area (Å²) in [6, 6.07) is 18.1. The van der Waals surface area contributed by atoms with E-state index in [4.69, 9.17) is 15.5 Å². The maximum absolute atomic E-state index is 6.24. The second kappa shape index (κ2) is 9.76. The molecule has 5 heteroatoms. The van der Waals surface area contributed by atoms with E-state index in [-0.39, 0.29) is 0 Å². The molecule has 0 aliphatic carbocycles. The molecule has 0 radical (unpaired) electrons. The van der Waals surface area contributed by atoms with Gasteiger partial charge in [-0.1, -0.05) is 66.8 Å². The van der Waals surface area contributed by atoms with E-state index < -0.39 is 0 Å². The van der Waals surface area contributed by atoms with Gasteiger partial charge in [0, 0.05) is 24.4 Å². The topological polar surface area (TPSA) is 65.4 Å². The minimum Gasteiger partial charge on any atom is -0.489 e. The van der Waals surface area contributed by atoms with E-state index in [1.54, 1.807) is 6.20 Å². The lowest BCUT2D eigenvalue weighted by atomic mass is 10.1. The molecule has 2 N–H and O–H groups in total. The summed E-state index contributed by atoms with van der Waals surface area (Å²) in [5, 5.41) is 0. The molecule has 156 valence electrons. The summed E-state index contributed by atoms with van der Waals surface area (Å²) >= 11 is 0. The first-order valence-corrected chi connectivity index (χ1v) is 10.4. The Kier molecular flexibility index (Phi) is 6.43. The molecule has 2 aromatic carbocycles. The number of imidazole rings is 1. The maximum atomic E-state index is 6.24. The van der Waals surface area contributed by atoms with Gasteiger partial charge in [-0.2, -0.15) is 0 Å². The zero-order chi connectivity index (χ0) is 21.5. The summed E-state index contributed by atoms with van der Waals surface area (Å²) in [6.45, 7) is 2.54. The Balaban J connectivity index is 1.63. The van der Waals surface area contributed by atoms with E-state index in [0.29, 0.717) is 18.8 Å². The molecular formula is C26H26N4O. The molecule has 2 heterocycles. The smallest absolute Gasteiger partial charge is 0.150 e. The summed E-state index contributed by atoms with van der Waals surface area (Å²) in [5.41, 5.74) is 9.95. The highest BCUT2D eigenvalue weighted by atomic mass is 16.5. The Morgan fingerprint density at radius 1 is 1.03 bits per heavy atom. The zero-order valence-electron chi connectivity index (χ0n) is 17.6. The van der Waals surface area contributed by atoms with Gasteiger partial charge in [0.05, 0.1) is 0 Å². The number of nitrogen functional groups attached to an aromatic ring is 1. The molecule has 0 fully saturated rings. The van der Waals surface area contributed by atoms with Crippen LogP contribution in [0.4, 0.5) is 5.82 Å². The van der Waals surface area contributed by atoms with Crippen molar-refractivity contribution in [1.82, 2.24) is 14.4 Å². The lowest BCUT2D eigenvalue weighted by Gasteiger charge is -2.08. The average molecular weight is 411 g/mol. The van der Waals surface area contributed by atoms with Gasteiger partial charge in [0.2, 0.25) is 0 Å². The molecular weight excluding hydrogens is 384 g/mol. The number of ether oxygens (including phenoxy) is 1. The van der Waals surface area contributed by atoms with Crippen molar-refractivity contribution in [2.45, 2.75) is 26.4 Å². The lowest BCUT2D eigenvalue weighted by Crippen LogP contribution is -1.98. The number of nitrogens with two attached hydrogens (primary N) is 1. The van der Waals surface area contributed by atoms with Crippen LogP contribution in [0.1, 0.15) is 24.7 Å². The molecule has 2 aromatic heterocycles.